The van der Waals surface area contributed by atoms with Crippen LogP contribution in [0.2, 0.25) is 5.02 Å². The zero-order valence-corrected chi connectivity index (χ0v) is 9.84. The van der Waals surface area contributed by atoms with Crippen LogP contribution in [0.25, 0.3) is 0 Å². The second-order valence-corrected chi connectivity index (χ2v) is 4.33. The summed E-state index contributed by atoms with van der Waals surface area (Å²) >= 11 is 5.98. The van der Waals surface area contributed by atoms with Gasteiger partial charge in [-0.15, -0.1) is 0 Å². The van der Waals surface area contributed by atoms with Crippen molar-refractivity contribution in [1.82, 2.24) is 0 Å². The summed E-state index contributed by atoms with van der Waals surface area (Å²) in [4.78, 5) is 12.2. The normalized spacial score (nSPS) is 14.7. The summed E-state index contributed by atoms with van der Waals surface area (Å²) in [6.45, 7) is 4.17. The van der Waals surface area contributed by atoms with Gasteiger partial charge < -0.3 is 5.73 Å². The van der Waals surface area contributed by atoms with Gasteiger partial charge in [-0.1, -0.05) is 37.6 Å². The molecule has 0 radical (unpaired) electrons. The van der Waals surface area contributed by atoms with Gasteiger partial charge in [0.2, 0.25) is 0 Å². The molecule has 82 valence electrons. The molecule has 0 aliphatic rings. The fourth-order valence-electron chi connectivity index (χ4n) is 1.37. The third kappa shape index (κ3) is 2.39. The minimum Gasteiger partial charge on any atom is -0.329 e. The maximum atomic E-state index is 12.2. The van der Waals surface area contributed by atoms with E-state index in [-0.39, 0.29) is 5.78 Å². The van der Waals surface area contributed by atoms with Gasteiger partial charge in [0.1, 0.15) is 0 Å². The number of ketones is 1. The molecular weight excluding hydrogens is 210 g/mol. The van der Waals surface area contributed by atoms with Crippen molar-refractivity contribution in [2.45, 2.75) is 20.3 Å². The standard InChI is InChI=1S/C12H16ClNO/c1-3-12(2,8-14)11(15)9-6-4-5-7-10(9)13/h4-7H,3,8,14H2,1-2H3. The molecule has 0 bridgehead atoms. The van der Waals surface area contributed by atoms with Gasteiger partial charge in [0.15, 0.2) is 5.78 Å². The van der Waals surface area contributed by atoms with E-state index in [2.05, 4.69) is 0 Å². The van der Waals surface area contributed by atoms with Crippen LogP contribution in [-0.4, -0.2) is 12.3 Å². The van der Waals surface area contributed by atoms with Crippen molar-refractivity contribution in [2.24, 2.45) is 11.1 Å². The summed E-state index contributed by atoms with van der Waals surface area (Å²) in [7, 11) is 0. The van der Waals surface area contributed by atoms with E-state index in [1.54, 1.807) is 12.1 Å². The third-order valence-electron chi connectivity index (χ3n) is 2.90. The van der Waals surface area contributed by atoms with Gasteiger partial charge in [0.25, 0.3) is 0 Å². The third-order valence-corrected chi connectivity index (χ3v) is 3.23. The molecular formula is C12H16ClNO. The Balaban J connectivity index is 3.09. The lowest BCUT2D eigenvalue weighted by Crippen LogP contribution is -2.35. The molecule has 3 heteroatoms. The van der Waals surface area contributed by atoms with E-state index >= 15 is 0 Å². The average Bonchev–Trinajstić information content (AvgIpc) is 2.28. The summed E-state index contributed by atoms with van der Waals surface area (Å²) in [6, 6.07) is 7.09. The van der Waals surface area contributed by atoms with Crippen LogP contribution in [0.1, 0.15) is 30.6 Å². The molecule has 0 amide bonds. The molecule has 0 fully saturated rings. The first-order valence-electron chi connectivity index (χ1n) is 5.04. The average molecular weight is 226 g/mol. The molecule has 0 aliphatic heterocycles. The molecule has 15 heavy (non-hydrogen) atoms. The first-order chi connectivity index (χ1) is 7.05. The van der Waals surface area contributed by atoms with Crippen molar-refractivity contribution in [1.29, 1.82) is 0 Å². The number of halogens is 1. The molecule has 2 N–H and O–H groups in total. The lowest BCUT2D eigenvalue weighted by Gasteiger charge is -2.24. The number of Topliss-reactive ketones (excluding diaryl/α,β-unsaturated/α-hetero) is 1. The van der Waals surface area contributed by atoms with Crippen molar-refractivity contribution < 1.29 is 4.79 Å². The van der Waals surface area contributed by atoms with Gasteiger partial charge in [0, 0.05) is 17.5 Å². The second-order valence-electron chi connectivity index (χ2n) is 3.93. The molecule has 1 rings (SSSR count). The minimum absolute atomic E-state index is 0.0260. The van der Waals surface area contributed by atoms with E-state index in [1.165, 1.54) is 0 Å². The summed E-state index contributed by atoms with van der Waals surface area (Å²) in [5.74, 6) is 0.0260. The van der Waals surface area contributed by atoms with Gasteiger partial charge in [-0.05, 0) is 18.6 Å². The highest BCUT2D eigenvalue weighted by Gasteiger charge is 2.31. The van der Waals surface area contributed by atoms with Crippen molar-refractivity contribution >= 4 is 17.4 Å². The molecule has 0 heterocycles. The van der Waals surface area contributed by atoms with E-state index in [1.807, 2.05) is 26.0 Å². The maximum Gasteiger partial charge on any atom is 0.171 e. The molecule has 0 aliphatic carbocycles. The predicted molar refractivity (Wildman–Crippen MR) is 63.2 cm³/mol. The van der Waals surface area contributed by atoms with Gasteiger partial charge in [-0.2, -0.15) is 0 Å². The number of benzene rings is 1. The molecule has 0 spiro atoms. The topological polar surface area (TPSA) is 43.1 Å². The molecule has 1 aromatic rings. The van der Waals surface area contributed by atoms with E-state index in [9.17, 15) is 4.79 Å². The van der Waals surface area contributed by atoms with Crippen LogP contribution in [0.5, 0.6) is 0 Å². The summed E-state index contributed by atoms with van der Waals surface area (Å²) in [5, 5.41) is 0.496. The predicted octanol–water partition coefficient (Wildman–Crippen LogP) is 2.90. The molecule has 1 atom stereocenters. The van der Waals surface area contributed by atoms with Crippen molar-refractivity contribution in [3.05, 3.63) is 34.9 Å². The number of carbonyl (C=O) groups excluding carboxylic acids is 1. The number of hydrogen-bond acceptors (Lipinski definition) is 2. The Morgan fingerprint density at radius 3 is 2.53 bits per heavy atom. The van der Waals surface area contributed by atoms with Gasteiger partial charge >= 0.3 is 0 Å². The Morgan fingerprint density at radius 2 is 2.07 bits per heavy atom. The zero-order chi connectivity index (χ0) is 11.5. The van der Waals surface area contributed by atoms with Crippen LogP contribution >= 0.6 is 11.6 Å². The number of hydrogen-bond donors (Lipinski definition) is 1. The molecule has 2 nitrogen and oxygen atoms in total. The Morgan fingerprint density at radius 1 is 1.47 bits per heavy atom. The molecule has 0 saturated heterocycles. The van der Waals surface area contributed by atoms with Crippen LogP contribution < -0.4 is 5.73 Å². The lowest BCUT2D eigenvalue weighted by atomic mass is 9.80. The number of carbonyl (C=O) groups is 1. The Labute approximate surface area is 95.4 Å². The zero-order valence-electron chi connectivity index (χ0n) is 9.09. The molecule has 1 aromatic carbocycles. The van der Waals surface area contributed by atoms with Gasteiger partial charge in [0.05, 0.1) is 5.02 Å². The van der Waals surface area contributed by atoms with Crippen LogP contribution in [0.15, 0.2) is 24.3 Å². The van der Waals surface area contributed by atoms with Crippen molar-refractivity contribution in [3.8, 4) is 0 Å². The summed E-state index contributed by atoms with van der Waals surface area (Å²) < 4.78 is 0. The van der Waals surface area contributed by atoms with Gasteiger partial charge in [-0.25, -0.2) is 0 Å². The molecule has 0 aromatic heterocycles. The highest BCUT2D eigenvalue weighted by Crippen LogP contribution is 2.28. The van der Waals surface area contributed by atoms with Crippen molar-refractivity contribution in [2.75, 3.05) is 6.54 Å². The van der Waals surface area contributed by atoms with E-state index in [0.717, 1.165) is 0 Å². The quantitative estimate of drug-likeness (QED) is 0.801. The molecule has 0 saturated carbocycles. The van der Waals surface area contributed by atoms with Crippen LogP contribution in [0.4, 0.5) is 0 Å². The number of nitrogens with two attached hydrogens (primary N) is 1. The fourth-order valence-corrected chi connectivity index (χ4v) is 1.59. The first-order valence-corrected chi connectivity index (χ1v) is 5.42. The smallest absolute Gasteiger partial charge is 0.171 e. The van der Waals surface area contributed by atoms with E-state index < -0.39 is 5.41 Å². The van der Waals surface area contributed by atoms with Crippen LogP contribution in [0, 0.1) is 5.41 Å². The highest BCUT2D eigenvalue weighted by atomic mass is 35.5. The van der Waals surface area contributed by atoms with Crippen molar-refractivity contribution in [3.63, 3.8) is 0 Å². The van der Waals surface area contributed by atoms with Crippen LogP contribution in [-0.2, 0) is 0 Å². The second kappa shape index (κ2) is 4.77. The SMILES string of the molecule is CCC(C)(CN)C(=O)c1ccccc1Cl. The fraction of sp³-hybridized carbons (Fsp3) is 0.417. The first kappa shape index (κ1) is 12.2. The highest BCUT2D eigenvalue weighted by molar-refractivity contribution is 6.34. The minimum atomic E-state index is -0.509. The van der Waals surface area contributed by atoms with Gasteiger partial charge in [-0.3, -0.25) is 4.79 Å². The lowest BCUT2D eigenvalue weighted by molar-refractivity contribution is 0.0820. The number of rotatable bonds is 4. The Bertz CT molecular complexity index is 358. The Kier molecular flexibility index (Phi) is 3.89. The maximum absolute atomic E-state index is 12.2. The van der Waals surface area contributed by atoms with E-state index in [0.29, 0.717) is 23.6 Å². The molecule has 1 unspecified atom stereocenters. The summed E-state index contributed by atoms with van der Waals surface area (Å²) in [5.41, 5.74) is 5.70. The summed E-state index contributed by atoms with van der Waals surface area (Å²) in [6.07, 6.45) is 0.716. The monoisotopic (exact) mass is 225 g/mol. The van der Waals surface area contributed by atoms with Crippen LogP contribution in [0.3, 0.4) is 0 Å². The Hall–Kier alpha value is -0.860. The largest absolute Gasteiger partial charge is 0.329 e. The van der Waals surface area contributed by atoms with E-state index in [4.69, 9.17) is 17.3 Å².